The van der Waals surface area contributed by atoms with E-state index in [1.807, 2.05) is 20.8 Å². The predicted molar refractivity (Wildman–Crippen MR) is 128 cm³/mol. The van der Waals surface area contributed by atoms with E-state index < -0.39 is 5.60 Å². The van der Waals surface area contributed by atoms with Crippen LogP contribution in [0.5, 0.6) is 0 Å². The monoisotopic (exact) mass is 410 g/mol. The summed E-state index contributed by atoms with van der Waals surface area (Å²) in [5.74, 6) is 0.490. The van der Waals surface area contributed by atoms with Crippen LogP contribution in [0.1, 0.15) is 86.3 Å². The first kappa shape index (κ1) is 24.6. The number of hydrogen-bond acceptors (Lipinski definition) is 2. The molecule has 0 bridgehead atoms. The molecule has 0 saturated carbocycles. The average molecular weight is 411 g/mol. The van der Waals surface area contributed by atoms with Crippen molar-refractivity contribution in [1.82, 2.24) is 0 Å². The quantitative estimate of drug-likeness (QED) is 0.309. The van der Waals surface area contributed by atoms with Gasteiger partial charge in [-0.25, -0.2) is 9.78 Å². The molecule has 2 aromatic rings. The molecule has 0 amide bonds. The second kappa shape index (κ2) is 9.24. The zero-order chi connectivity index (χ0) is 22.6. The van der Waals surface area contributed by atoms with Crippen LogP contribution in [0.4, 0.5) is 0 Å². The molecule has 0 radical (unpaired) electrons. The highest BCUT2D eigenvalue weighted by atomic mass is 17.2. The van der Waals surface area contributed by atoms with Crippen LogP contribution in [-0.4, -0.2) is 11.2 Å². The largest absolute Gasteiger partial charge is 0.230 e. The van der Waals surface area contributed by atoms with Gasteiger partial charge in [0.05, 0.1) is 5.60 Å². The van der Waals surface area contributed by atoms with Crippen molar-refractivity contribution in [3.8, 4) is 0 Å². The van der Waals surface area contributed by atoms with E-state index in [1.165, 1.54) is 11.1 Å². The number of hydrogen-bond donors (Lipinski definition) is 0. The summed E-state index contributed by atoms with van der Waals surface area (Å²) in [6.07, 6.45) is 1.95. The first-order valence-corrected chi connectivity index (χ1v) is 11.3. The van der Waals surface area contributed by atoms with Crippen LogP contribution in [0.25, 0.3) is 0 Å². The van der Waals surface area contributed by atoms with Crippen LogP contribution in [0, 0.1) is 5.92 Å². The summed E-state index contributed by atoms with van der Waals surface area (Å²) >= 11 is 0. The fourth-order valence-electron chi connectivity index (χ4n) is 3.84. The lowest BCUT2D eigenvalue weighted by Crippen LogP contribution is -2.49. The lowest BCUT2D eigenvalue weighted by Gasteiger charge is -2.45. The SMILES string of the molecule is CC(CCC(C)(OOC(C)(C)C)C(C)(C)c1ccccc1)C(C)(C)c1ccccc1. The van der Waals surface area contributed by atoms with Crippen molar-refractivity contribution in [3.05, 3.63) is 71.8 Å². The number of benzene rings is 2. The molecule has 30 heavy (non-hydrogen) atoms. The molecule has 2 nitrogen and oxygen atoms in total. The van der Waals surface area contributed by atoms with Gasteiger partial charge in [-0.15, -0.1) is 0 Å². The Hall–Kier alpha value is -1.64. The lowest BCUT2D eigenvalue weighted by molar-refractivity contribution is -0.413. The summed E-state index contributed by atoms with van der Waals surface area (Å²) < 4.78 is 0. The van der Waals surface area contributed by atoms with Gasteiger partial charge in [0.15, 0.2) is 0 Å². The highest BCUT2D eigenvalue weighted by Crippen LogP contribution is 2.44. The second-order valence-electron chi connectivity index (χ2n) is 11.0. The van der Waals surface area contributed by atoms with E-state index in [1.54, 1.807) is 0 Å². The molecular formula is C28H42O2. The van der Waals surface area contributed by atoms with Crippen LogP contribution in [0.3, 0.4) is 0 Å². The Morgan fingerprint density at radius 3 is 1.60 bits per heavy atom. The van der Waals surface area contributed by atoms with Gasteiger partial charge in [-0.3, -0.25) is 0 Å². The van der Waals surface area contributed by atoms with Crippen molar-refractivity contribution in [3.63, 3.8) is 0 Å². The molecule has 2 atom stereocenters. The fourth-order valence-corrected chi connectivity index (χ4v) is 3.84. The summed E-state index contributed by atoms with van der Waals surface area (Å²) in [6.45, 7) is 19.9. The maximum absolute atomic E-state index is 6.28. The Kier molecular flexibility index (Phi) is 7.59. The van der Waals surface area contributed by atoms with Crippen LogP contribution in [0.2, 0.25) is 0 Å². The first-order valence-electron chi connectivity index (χ1n) is 11.3. The molecule has 0 aliphatic heterocycles. The van der Waals surface area contributed by atoms with Gasteiger partial charge < -0.3 is 0 Å². The van der Waals surface area contributed by atoms with Crippen molar-refractivity contribution >= 4 is 0 Å². The van der Waals surface area contributed by atoms with E-state index in [0.29, 0.717) is 5.92 Å². The third-order valence-electron chi connectivity index (χ3n) is 7.10. The maximum Gasteiger partial charge on any atom is 0.110 e. The minimum atomic E-state index is -0.470. The normalized spacial score (nSPS) is 16.2. The maximum atomic E-state index is 6.28. The predicted octanol–water partition coefficient (Wildman–Crippen LogP) is 7.86. The van der Waals surface area contributed by atoms with E-state index in [4.69, 9.17) is 9.78 Å². The molecular weight excluding hydrogens is 368 g/mol. The van der Waals surface area contributed by atoms with Gasteiger partial charge in [-0.1, -0.05) is 95.3 Å². The van der Waals surface area contributed by atoms with Crippen LogP contribution >= 0.6 is 0 Å². The Morgan fingerprint density at radius 1 is 0.667 bits per heavy atom. The van der Waals surface area contributed by atoms with Crippen molar-refractivity contribution < 1.29 is 9.78 Å². The third kappa shape index (κ3) is 5.74. The van der Waals surface area contributed by atoms with Gasteiger partial charge in [0.25, 0.3) is 0 Å². The average Bonchev–Trinajstić information content (AvgIpc) is 2.71. The molecule has 2 heteroatoms. The molecule has 2 unspecified atom stereocenters. The molecule has 0 heterocycles. The van der Waals surface area contributed by atoms with Crippen molar-refractivity contribution in [1.29, 1.82) is 0 Å². The standard InChI is InChI=1S/C28H42O2/c1-22(26(5,6)23-16-12-10-13-17-23)20-21-28(9,30-29-25(2,3)4)27(7,8)24-18-14-11-15-19-24/h10-19,22H,20-21H2,1-9H3. The zero-order valence-corrected chi connectivity index (χ0v) is 20.6. The van der Waals surface area contributed by atoms with Gasteiger partial charge in [0, 0.05) is 5.41 Å². The van der Waals surface area contributed by atoms with Crippen LogP contribution < -0.4 is 0 Å². The minimum Gasteiger partial charge on any atom is -0.230 e. The van der Waals surface area contributed by atoms with Crippen molar-refractivity contribution in [2.45, 2.75) is 97.2 Å². The molecule has 0 aliphatic rings. The molecule has 166 valence electrons. The zero-order valence-electron chi connectivity index (χ0n) is 20.6. The van der Waals surface area contributed by atoms with Crippen LogP contribution in [-0.2, 0) is 20.6 Å². The van der Waals surface area contributed by atoms with Gasteiger partial charge >= 0.3 is 0 Å². The van der Waals surface area contributed by atoms with E-state index in [-0.39, 0.29) is 16.4 Å². The van der Waals surface area contributed by atoms with Gasteiger partial charge in [-0.2, -0.15) is 0 Å². The number of rotatable bonds is 9. The fraction of sp³-hybridized carbons (Fsp3) is 0.571. The first-order chi connectivity index (χ1) is 13.8. The lowest BCUT2D eigenvalue weighted by atomic mass is 9.66. The molecule has 2 rings (SSSR count). The van der Waals surface area contributed by atoms with Gasteiger partial charge in [0.1, 0.15) is 5.60 Å². The van der Waals surface area contributed by atoms with Crippen molar-refractivity contribution in [2.24, 2.45) is 5.92 Å². The second-order valence-corrected chi connectivity index (χ2v) is 11.0. The smallest absolute Gasteiger partial charge is 0.110 e. The Bertz CT molecular complexity index is 771. The highest BCUT2D eigenvalue weighted by Gasteiger charge is 2.46. The Morgan fingerprint density at radius 2 is 1.13 bits per heavy atom. The molecule has 0 aromatic heterocycles. The van der Waals surface area contributed by atoms with E-state index in [9.17, 15) is 0 Å². The molecule has 0 fully saturated rings. The molecule has 2 aromatic carbocycles. The minimum absolute atomic E-state index is 0.0872. The van der Waals surface area contributed by atoms with Gasteiger partial charge in [-0.05, 0) is 63.0 Å². The van der Waals surface area contributed by atoms with E-state index in [2.05, 4.69) is 102 Å². The van der Waals surface area contributed by atoms with E-state index in [0.717, 1.165) is 12.8 Å². The Balaban J connectivity index is 2.27. The summed E-state index contributed by atoms with van der Waals surface area (Å²) in [5, 5.41) is 0. The van der Waals surface area contributed by atoms with E-state index >= 15 is 0 Å². The van der Waals surface area contributed by atoms with Crippen LogP contribution in [0.15, 0.2) is 60.7 Å². The Labute approximate surface area is 184 Å². The van der Waals surface area contributed by atoms with Gasteiger partial charge in [0.2, 0.25) is 0 Å². The highest BCUT2D eigenvalue weighted by molar-refractivity contribution is 5.28. The topological polar surface area (TPSA) is 18.5 Å². The summed E-state index contributed by atoms with van der Waals surface area (Å²) in [5.41, 5.74) is 1.69. The third-order valence-corrected chi connectivity index (χ3v) is 7.10. The summed E-state index contributed by atoms with van der Waals surface area (Å²) in [7, 11) is 0. The molecule has 0 N–H and O–H groups in total. The molecule has 0 spiro atoms. The van der Waals surface area contributed by atoms with Crippen molar-refractivity contribution in [2.75, 3.05) is 0 Å². The summed E-state index contributed by atoms with van der Waals surface area (Å²) in [6, 6.07) is 21.5. The summed E-state index contributed by atoms with van der Waals surface area (Å²) in [4.78, 5) is 12.2. The molecule has 0 saturated heterocycles. The molecule has 0 aliphatic carbocycles.